The Morgan fingerprint density at radius 2 is 1.71 bits per heavy atom. The number of benzene rings is 1. The Hall–Kier alpha value is -3.01. The molecular formula is C15H15Cl2N7O6S. The van der Waals surface area contributed by atoms with Crippen LogP contribution in [0.1, 0.15) is 22.3 Å². The summed E-state index contributed by atoms with van der Waals surface area (Å²) < 4.78 is 0. The molecule has 0 spiro atoms. The van der Waals surface area contributed by atoms with Crippen LogP contribution in [0.5, 0.6) is 0 Å². The Labute approximate surface area is 188 Å². The van der Waals surface area contributed by atoms with E-state index in [1.807, 2.05) is 5.43 Å². The first-order valence-electron chi connectivity index (χ1n) is 8.13. The van der Waals surface area contributed by atoms with Crippen LogP contribution in [-0.2, 0) is 14.4 Å². The summed E-state index contributed by atoms with van der Waals surface area (Å²) in [5.41, 5.74) is 8.70. The molecule has 0 radical (unpaired) electrons. The number of quaternary nitrogens is 1. The van der Waals surface area contributed by atoms with Gasteiger partial charge in [0.1, 0.15) is 4.88 Å². The van der Waals surface area contributed by atoms with Gasteiger partial charge in [-0.15, -0.1) is 0 Å². The lowest BCUT2D eigenvalue weighted by atomic mass is 10.2. The molecule has 0 aliphatic rings. The van der Waals surface area contributed by atoms with E-state index < -0.39 is 22.9 Å². The molecule has 1 aromatic heterocycles. The number of anilines is 2. The lowest BCUT2D eigenvalue weighted by Crippen LogP contribution is -2.99. The zero-order valence-electron chi connectivity index (χ0n) is 15.8. The molecule has 166 valence electrons. The fourth-order valence-electron chi connectivity index (χ4n) is 2.02. The highest BCUT2D eigenvalue weighted by atomic mass is 35.5. The molecule has 16 heteroatoms. The summed E-state index contributed by atoms with van der Waals surface area (Å²) in [6.07, 6.45) is 0. The number of nitrogens with one attached hydrogen (secondary N) is 6. The molecule has 4 amide bonds. The van der Waals surface area contributed by atoms with Crippen LogP contribution in [0.15, 0.2) is 12.1 Å². The second-order valence-electron chi connectivity index (χ2n) is 5.72. The normalized spacial score (nSPS) is 11.3. The molecule has 0 saturated carbocycles. The topological polar surface area (TPSA) is 189 Å². The van der Waals surface area contributed by atoms with E-state index in [4.69, 9.17) is 28.4 Å². The van der Waals surface area contributed by atoms with Crippen molar-refractivity contribution in [1.82, 2.24) is 21.3 Å². The van der Waals surface area contributed by atoms with Gasteiger partial charge in [-0.3, -0.25) is 40.9 Å². The molecule has 2 aromatic rings. The lowest BCUT2D eigenvalue weighted by Gasteiger charge is -2.15. The molecule has 0 fully saturated rings. The van der Waals surface area contributed by atoms with Crippen LogP contribution < -0.4 is 32.2 Å². The highest BCUT2D eigenvalue weighted by Gasteiger charge is 2.21. The van der Waals surface area contributed by atoms with Crippen molar-refractivity contribution in [2.45, 2.75) is 13.8 Å². The van der Waals surface area contributed by atoms with Crippen molar-refractivity contribution in [2.75, 3.05) is 10.7 Å². The van der Waals surface area contributed by atoms with Crippen LogP contribution in [0, 0.1) is 12.1 Å². The smallest absolute Gasteiger partial charge is 0.328 e. The third-order valence-electron chi connectivity index (χ3n) is 3.37. The standard InChI is InChI=1S/C15H15Cl2N7O6S/c1-5-11(31-15(18-5)23-20-6(2)25)12(26)21-22-14(28)13(27)19-10-8(16)3-7(24(29)30)4-9(10)17/h3-4,24,29H,1-2H3,(H,18,23)(H,19,27)(H,20,25)(H,21,26)(H,22,28). The van der Waals surface area contributed by atoms with Crippen LogP contribution in [-0.4, -0.2) is 33.8 Å². The Balaban J connectivity index is 1.98. The third kappa shape index (κ3) is 6.48. The number of hydrazine groups is 2. The van der Waals surface area contributed by atoms with Gasteiger partial charge in [-0.25, -0.2) is 10.2 Å². The second-order valence-corrected chi connectivity index (χ2v) is 7.54. The molecule has 0 aliphatic carbocycles. The first kappa shape index (κ1) is 24.3. The minimum Gasteiger partial charge on any atom is -0.595 e. The Bertz CT molecular complexity index is 1020. The third-order valence-corrected chi connectivity index (χ3v) is 5.04. The number of carbonyl (C=O) groups is 4. The maximum atomic E-state index is 12.2. The van der Waals surface area contributed by atoms with Crippen molar-refractivity contribution in [3.05, 3.63) is 38.0 Å². The van der Waals surface area contributed by atoms with Crippen molar-refractivity contribution in [1.29, 1.82) is 0 Å². The van der Waals surface area contributed by atoms with Crippen LogP contribution in [0.3, 0.4) is 0 Å². The molecule has 1 unspecified atom stereocenters. The number of hydrogen-bond acceptors (Lipinski definition) is 9. The van der Waals surface area contributed by atoms with Gasteiger partial charge in [0.05, 0.1) is 21.4 Å². The minimum atomic E-state index is -1.28. The largest absolute Gasteiger partial charge is 0.595 e. The summed E-state index contributed by atoms with van der Waals surface area (Å²) >= 11 is 12.7. The number of nitrogens with zero attached hydrogens (tertiary/aromatic N) is 1. The Morgan fingerprint density at radius 3 is 2.26 bits per heavy atom. The summed E-state index contributed by atoms with van der Waals surface area (Å²) in [6, 6.07) is 2.09. The van der Waals surface area contributed by atoms with Gasteiger partial charge in [0.15, 0.2) is 5.69 Å². The highest BCUT2D eigenvalue weighted by molar-refractivity contribution is 7.17. The number of rotatable bonds is 5. The van der Waals surface area contributed by atoms with Gasteiger partial charge in [-0.1, -0.05) is 34.5 Å². The molecule has 31 heavy (non-hydrogen) atoms. The number of amides is 4. The summed E-state index contributed by atoms with van der Waals surface area (Å²) in [5, 5.41) is 20.6. The molecule has 1 atom stereocenters. The first-order chi connectivity index (χ1) is 14.5. The van der Waals surface area contributed by atoms with Crippen molar-refractivity contribution >= 4 is 74.7 Å². The van der Waals surface area contributed by atoms with Crippen molar-refractivity contribution in [3.63, 3.8) is 0 Å². The molecule has 7 N–H and O–H groups in total. The predicted octanol–water partition coefficient (Wildman–Crippen LogP) is 0.0244. The second kappa shape index (κ2) is 10.3. The molecule has 1 aromatic carbocycles. The van der Waals surface area contributed by atoms with E-state index in [9.17, 15) is 24.4 Å². The van der Waals surface area contributed by atoms with Gasteiger partial charge in [0.2, 0.25) is 11.0 Å². The molecule has 13 nitrogen and oxygen atoms in total. The van der Waals surface area contributed by atoms with Crippen molar-refractivity contribution < 1.29 is 29.6 Å². The van der Waals surface area contributed by atoms with E-state index in [2.05, 4.69) is 26.6 Å². The summed E-state index contributed by atoms with van der Waals surface area (Å²) in [6.45, 7) is 2.81. The molecule has 2 rings (SSSR count). The summed E-state index contributed by atoms with van der Waals surface area (Å²) in [7, 11) is 0. The van der Waals surface area contributed by atoms with Gasteiger partial charge in [-0.05, 0) is 6.92 Å². The fourth-order valence-corrected chi connectivity index (χ4v) is 3.41. The van der Waals surface area contributed by atoms with E-state index in [0.717, 1.165) is 23.5 Å². The molecule has 0 bridgehead atoms. The molecule has 0 saturated heterocycles. The number of carbonyl (C=O) groups excluding carboxylic acids is 4. The zero-order chi connectivity index (χ0) is 23.3. The number of halogens is 2. The first-order valence-corrected chi connectivity index (χ1v) is 9.70. The maximum Gasteiger partial charge on any atom is 0.328 e. The zero-order valence-corrected chi connectivity index (χ0v) is 18.1. The van der Waals surface area contributed by atoms with Gasteiger partial charge in [0.25, 0.3) is 5.91 Å². The average Bonchev–Trinajstić information content (AvgIpc) is 3.07. The monoisotopic (exact) mass is 491 g/mol. The fraction of sp³-hybridized carbons (Fsp3) is 0.133. The van der Waals surface area contributed by atoms with Gasteiger partial charge in [0, 0.05) is 19.1 Å². The van der Waals surface area contributed by atoms with Gasteiger partial charge < -0.3 is 10.5 Å². The lowest BCUT2D eigenvalue weighted by molar-refractivity contribution is -0.991. The van der Waals surface area contributed by atoms with Gasteiger partial charge in [-0.2, -0.15) is 5.23 Å². The SMILES string of the molecule is CC(=O)NNc1nc(C)c(C(=O)NNC(=O)C(=O)Nc2c(Cl)cc([NH+]([O-])O)cc2Cl)s1. The van der Waals surface area contributed by atoms with E-state index in [1.165, 1.54) is 13.8 Å². The van der Waals surface area contributed by atoms with Crippen molar-refractivity contribution in [3.8, 4) is 0 Å². The van der Waals surface area contributed by atoms with E-state index in [-0.39, 0.29) is 37.3 Å². The molecular weight excluding hydrogens is 477 g/mol. The van der Waals surface area contributed by atoms with Crippen molar-refractivity contribution in [2.24, 2.45) is 0 Å². The van der Waals surface area contributed by atoms with E-state index in [0.29, 0.717) is 5.69 Å². The predicted molar refractivity (Wildman–Crippen MR) is 111 cm³/mol. The summed E-state index contributed by atoms with van der Waals surface area (Å²) in [5.74, 6) is -3.59. The molecule has 1 heterocycles. The van der Waals surface area contributed by atoms with Crippen LogP contribution in [0.4, 0.5) is 16.5 Å². The van der Waals surface area contributed by atoms with Crippen LogP contribution in [0.2, 0.25) is 10.0 Å². The summed E-state index contributed by atoms with van der Waals surface area (Å²) in [4.78, 5) is 51.3. The van der Waals surface area contributed by atoms with Crippen LogP contribution in [0.25, 0.3) is 0 Å². The van der Waals surface area contributed by atoms with Gasteiger partial charge >= 0.3 is 11.8 Å². The average molecular weight is 492 g/mol. The quantitative estimate of drug-likeness (QED) is 0.225. The van der Waals surface area contributed by atoms with E-state index >= 15 is 0 Å². The molecule has 0 aliphatic heterocycles. The number of thiazole rings is 1. The Kier molecular flexibility index (Phi) is 8.09. The highest BCUT2D eigenvalue weighted by Crippen LogP contribution is 2.32. The Morgan fingerprint density at radius 1 is 1.10 bits per heavy atom. The maximum absolute atomic E-state index is 12.2. The number of hydrogen-bond donors (Lipinski definition) is 7. The van der Waals surface area contributed by atoms with E-state index in [1.54, 1.807) is 0 Å². The minimum absolute atomic E-state index is 0.115. The number of aryl methyl sites for hydroxylation is 1. The number of aromatic nitrogens is 1. The van der Waals surface area contributed by atoms with Crippen LogP contribution >= 0.6 is 34.5 Å².